The Kier molecular flexibility index (Phi) is 8.64. The molecule has 0 aromatic heterocycles. The first-order chi connectivity index (χ1) is 8.29. The van der Waals surface area contributed by atoms with Crippen LogP contribution in [0.2, 0.25) is 0 Å². The van der Waals surface area contributed by atoms with Crippen molar-refractivity contribution in [2.75, 3.05) is 11.1 Å². The molecular formula is C10H10KNO5S2. The summed E-state index contributed by atoms with van der Waals surface area (Å²) < 4.78 is 32.3. The zero-order valence-corrected chi connectivity index (χ0v) is 15.1. The minimum Gasteiger partial charge on any atom is -0.744 e. The van der Waals surface area contributed by atoms with Gasteiger partial charge in [0.2, 0.25) is 5.91 Å². The molecule has 19 heavy (non-hydrogen) atoms. The quantitative estimate of drug-likeness (QED) is 0.498. The van der Waals surface area contributed by atoms with Crippen LogP contribution >= 0.6 is 11.8 Å². The van der Waals surface area contributed by atoms with Gasteiger partial charge in [0.05, 0.1) is 10.6 Å². The molecule has 0 unspecified atom stereocenters. The number of carbonyl (C=O) groups excluding carboxylic acids is 2. The van der Waals surface area contributed by atoms with Gasteiger partial charge >= 0.3 is 51.4 Å². The molecule has 9 heteroatoms. The summed E-state index contributed by atoms with van der Waals surface area (Å²) in [5.74, 6) is -0.514. The van der Waals surface area contributed by atoms with E-state index in [1.165, 1.54) is 19.1 Å². The first-order valence-electron chi connectivity index (χ1n) is 4.78. The molecule has 1 aromatic carbocycles. The number of anilines is 1. The molecule has 0 aliphatic carbocycles. The van der Waals surface area contributed by atoms with Crippen LogP contribution in [0.1, 0.15) is 6.92 Å². The molecule has 0 saturated carbocycles. The van der Waals surface area contributed by atoms with Gasteiger partial charge in [0.25, 0.3) is 0 Å². The average molecular weight is 327 g/mol. The average Bonchev–Trinajstić information content (AvgIpc) is 2.25. The molecule has 0 radical (unpaired) electrons. The topological polar surface area (TPSA) is 103 Å². The molecule has 0 atom stereocenters. The van der Waals surface area contributed by atoms with Gasteiger partial charge in [-0.3, -0.25) is 9.59 Å². The van der Waals surface area contributed by atoms with E-state index in [-0.39, 0.29) is 67.9 Å². The first-order valence-corrected chi connectivity index (χ1v) is 7.17. The van der Waals surface area contributed by atoms with Gasteiger partial charge in [-0.25, -0.2) is 8.42 Å². The molecule has 0 heterocycles. The van der Waals surface area contributed by atoms with Crippen LogP contribution in [-0.2, 0) is 19.7 Å². The third-order valence-electron chi connectivity index (χ3n) is 1.81. The Labute approximate surface area is 157 Å². The zero-order valence-electron chi connectivity index (χ0n) is 10.4. The molecule has 1 rings (SSSR count). The summed E-state index contributed by atoms with van der Waals surface area (Å²) in [6.07, 6.45) is 0. The SMILES string of the molecule is CC(=O)SCC(=O)Nc1cccc(S(=O)(=O)[O-])c1.[K+]. The van der Waals surface area contributed by atoms with Crippen molar-refractivity contribution >= 4 is 38.6 Å². The Morgan fingerprint density at radius 1 is 1.37 bits per heavy atom. The van der Waals surface area contributed by atoms with Crippen molar-refractivity contribution < 1.29 is 73.9 Å². The summed E-state index contributed by atoms with van der Waals surface area (Å²) in [5.41, 5.74) is 0.195. The van der Waals surface area contributed by atoms with Crippen LogP contribution in [0.3, 0.4) is 0 Å². The Morgan fingerprint density at radius 3 is 2.53 bits per heavy atom. The number of hydrogen-bond acceptors (Lipinski definition) is 6. The van der Waals surface area contributed by atoms with E-state index in [2.05, 4.69) is 5.32 Å². The van der Waals surface area contributed by atoms with Gasteiger partial charge in [-0.2, -0.15) is 0 Å². The van der Waals surface area contributed by atoms with E-state index in [1.807, 2.05) is 0 Å². The van der Waals surface area contributed by atoms with E-state index in [0.717, 1.165) is 23.9 Å². The van der Waals surface area contributed by atoms with Crippen molar-refractivity contribution in [3.05, 3.63) is 24.3 Å². The van der Waals surface area contributed by atoms with Crippen molar-refractivity contribution in [1.29, 1.82) is 0 Å². The Balaban J connectivity index is 0.00000324. The molecule has 0 aliphatic rings. The van der Waals surface area contributed by atoms with Gasteiger partial charge in [0.15, 0.2) is 5.12 Å². The van der Waals surface area contributed by atoms with Crippen molar-refractivity contribution in [1.82, 2.24) is 0 Å². The monoisotopic (exact) mass is 327 g/mol. The van der Waals surface area contributed by atoms with Gasteiger partial charge in [-0.05, 0) is 18.2 Å². The fourth-order valence-corrected chi connectivity index (χ4v) is 2.02. The van der Waals surface area contributed by atoms with Gasteiger partial charge < -0.3 is 9.87 Å². The third-order valence-corrected chi connectivity index (χ3v) is 3.46. The van der Waals surface area contributed by atoms with Gasteiger partial charge in [-0.15, -0.1) is 0 Å². The standard InChI is InChI=1S/C10H11NO5S2.K/c1-7(12)17-6-10(13)11-8-3-2-4-9(5-8)18(14,15)16;/h2-5H,6H2,1H3,(H,11,13)(H,14,15,16);/q;+1/p-1. The third kappa shape index (κ3) is 7.56. The van der Waals surface area contributed by atoms with E-state index in [0.29, 0.717) is 0 Å². The Hall–Kier alpha value is 0.256. The predicted octanol–water partition coefficient (Wildman–Crippen LogP) is -2.19. The molecule has 1 aromatic rings. The molecular weight excluding hydrogens is 317 g/mol. The Morgan fingerprint density at radius 2 is 2.00 bits per heavy atom. The number of nitrogens with one attached hydrogen (secondary N) is 1. The van der Waals surface area contributed by atoms with Crippen molar-refractivity contribution in [3.8, 4) is 0 Å². The van der Waals surface area contributed by atoms with Gasteiger partial charge in [0, 0.05) is 12.6 Å². The fourth-order valence-electron chi connectivity index (χ4n) is 1.09. The maximum Gasteiger partial charge on any atom is 1.00 e. The summed E-state index contributed by atoms with van der Waals surface area (Å²) in [7, 11) is -4.55. The van der Waals surface area contributed by atoms with Gasteiger partial charge in [0.1, 0.15) is 10.1 Å². The summed E-state index contributed by atoms with van der Waals surface area (Å²) in [5, 5.41) is 2.20. The maximum atomic E-state index is 11.4. The maximum absolute atomic E-state index is 11.4. The molecule has 1 amide bonds. The molecule has 1 N–H and O–H groups in total. The van der Waals surface area contributed by atoms with Gasteiger partial charge in [-0.1, -0.05) is 17.8 Å². The summed E-state index contributed by atoms with van der Waals surface area (Å²) in [6, 6.07) is 5.00. The zero-order chi connectivity index (χ0) is 13.8. The smallest absolute Gasteiger partial charge is 0.744 e. The minimum atomic E-state index is -4.55. The van der Waals surface area contributed by atoms with Crippen LogP contribution in [-0.4, -0.2) is 29.7 Å². The van der Waals surface area contributed by atoms with Crippen molar-refractivity contribution in [2.24, 2.45) is 0 Å². The predicted molar refractivity (Wildman–Crippen MR) is 66.2 cm³/mol. The normalized spacial score (nSPS) is 10.4. The molecule has 0 spiro atoms. The number of benzene rings is 1. The van der Waals surface area contributed by atoms with Crippen LogP contribution in [0.4, 0.5) is 5.69 Å². The second-order valence-electron chi connectivity index (χ2n) is 3.31. The van der Waals surface area contributed by atoms with E-state index < -0.39 is 20.9 Å². The van der Waals surface area contributed by atoms with E-state index in [1.54, 1.807) is 0 Å². The molecule has 0 saturated heterocycles. The Bertz CT molecular complexity index is 573. The van der Waals surface area contributed by atoms with Crippen LogP contribution in [0.15, 0.2) is 29.2 Å². The first kappa shape index (κ1) is 19.3. The molecule has 6 nitrogen and oxygen atoms in total. The summed E-state index contributed by atoms with van der Waals surface area (Å²) in [6.45, 7) is 1.34. The second kappa shape index (κ2) is 8.52. The summed E-state index contributed by atoms with van der Waals surface area (Å²) >= 11 is 0.837. The second-order valence-corrected chi connectivity index (χ2v) is 5.84. The summed E-state index contributed by atoms with van der Waals surface area (Å²) in [4.78, 5) is 21.6. The van der Waals surface area contributed by atoms with Crippen LogP contribution in [0.25, 0.3) is 0 Å². The van der Waals surface area contributed by atoms with Crippen molar-refractivity contribution in [3.63, 3.8) is 0 Å². The molecule has 0 fully saturated rings. The van der Waals surface area contributed by atoms with Crippen molar-refractivity contribution in [2.45, 2.75) is 11.8 Å². The minimum absolute atomic E-state index is 0. The molecule has 98 valence electrons. The largest absolute Gasteiger partial charge is 1.00 e. The van der Waals surface area contributed by atoms with E-state index >= 15 is 0 Å². The van der Waals surface area contributed by atoms with Crippen LogP contribution < -0.4 is 56.7 Å². The van der Waals surface area contributed by atoms with E-state index in [9.17, 15) is 22.6 Å². The number of amides is 1. The molecule has 0 bridgehead atoms. The molecule has 0 aliphatic heterocycles. The van der Waals surface area contributed by atoms with E-state index in [4.69, 9.17) is 0 Å². The number of rotatable bonds is 4. The number of hydrogen-bond donors (Lipinski definition) is 1. The fraction of sp³-hybridized carbons (Fsp3) is 0.200. The number of carbonyl (C=O) groups is 2. The number of thioether (sulfide) groups is 1. The van der Waals surface area contributed by atoms with Crippen LogP contribution in [0, 0.1) is 0 Å². The van der Waals surface area contributed by atoms with Crippen LogP contribution in [0.5, 0.6) is 0 Å².